The first kappa shape index (κ1) is 16.0. The quantitative estimate of drug-likeness (QED) is 0.737. The number of benzene rings is 2. The van der Waals surface area contributed by atoms with Crippen LogP contribution in [0.25, 0.3) is 6.08 Å². The maximum absolute atomic E-state index is 12.1. The summed E-state index contributed by atoms with van der Waals surface area (Å²) in [6.45, 7) is 0.191. The van der Waals surface area contributed by atoms with E-state index in [1.807, 2.05) is 30.3 Å². The van der Waals surface area contributed by atoms with Crippen molar-refractivity contribution in [3.63, 3.8) is 0 Å². The van der Waals surface area contributed by atoms with Gasteiger partial charge in [0.1, 0.15) is 0 Å². The van der Waals surface area contributed by atoms with Gasteiger partial charge in [-0.1, -0.05) is 48.5 Å². The lowest BCUT2D eigenvalue weighted by Gasteiger charge is -2.20. The summed E-state index contributed by atoms with van der Waals surface area (Å²) in [5, 5.41) is 16.0. The van der Waals surface area contributed by atoms with Crippen molar-refractivity contribution in [2.24, 2.45) is 0 Å². The first-order valence-corrected chi connectivity index (χ1v) is 7.74. The van der Waals surface area contributed by atoms with E-state index in [-0.39, 0.29) is 18.9 Å². The molecule has 24 heavy (non-hydrogen) atoms. The molecule has 0 aliphatic carbocycles. The SMILES string of the molecule is O=C(/C=C\c1ccccc1)NCCC1(O)C(=O)Nc2ccccc21. The van der Waals surface area contributed by atoms with Gasteiger partial charge in [0.25, 0.3) is 5.91 Å². The first-order valence-electron chi connectivity index (χ1n) is 7.74. The molecule has 3 N–H and O–H groups in total. The van der Waals surface area contributed by atoms with Crippen LogP contribution in [0, 0.1) is 0 Å². The van der Waals surface area contributed by atoms with E-state index in [4.69, 9.17) is 0 Å². The van der Waals surface area contributed by atoms with Gasteiger partial charge in [0, 0.05) is 30.3 Å². The van der Waals surface area contributed by atoms with Crippen LogP contribution in [-0.2, 0) is 15.2 Å². The van der Waals surface area contributed by atoms with Gasteiger partial charge in [-0.2, -0.15) is 0 Å². The molecule has 1 heterocycles. The smallest absolute Gasteiger partial charge is 0.261 e. The summed E-state index contributed by atoms with van der Waals surface area (Å²) in [4.78, 5) is 23.9. The molecule has 5 heteroatoms. The second-order valence-corrected chi connectivity index (χ2v) is 5.65. The molecule has 0 saturated heterocycles. The highest BCUT2D eigenvalue weighted by Crippen LogP contribution is 2.37. The van der Waals surface area contributed by atoms with Crippen molar-refractivity contribution in [2.45, 2.75) is 12.0 Å². The minimum Gasteiger partial charge on any atom is -0.375 e. The van der Waals surface area contributed by atoms with Crippen molar-refractivity contribution in [3.8, 4) is 0 Å². The lowest BCUT2D eigenvalue weighted by Crippen LogP contribution is -2.38. The molecule has 2 aromatic rings. The van der Waals surface area contributed by atoms with E-state index < -0.39 is 11.5 Å². The maximum atomic E-state index is 12.1. The number of aliphatic hydroxyl groups is 1. The zero-order chi connectivity index (χ0) is 17.0. The fraction of sp³-hybridized carbons (Fsp3) is 0.158. The van der Waals surface area contributed by atoms with Crippen LogP contribution in [0.2, 0.25) is 0 Å². The Morgan fingerprint density at radius 1 is 1.12 bits per heavy atom. The van der Waals surface area contributed by atoms with E-state index in [1.54, 1.807) is 30.3 Å². The molecule has 0 spiro atoms. The fourth-order valence-electron chi connectivity index (χ4n) is 2.71. The van der Waals surface area contributed by atoms with E-state index in [9.17, 15) is 14.7 Å². The highest BCUT2D eigenvalue weighted by molar-refractivity contribution is 6.04. The Labute approximate surface area is 140 Å². The minimum absolute atomic E-state index is 0.112. The van der Waals surface area contributed by atoms with Gasteiger partial charge >= 0.3 is 0 Å². The molecule has 1 atom stereocenters. The zero-order valence-corrected chi connectivity index (χ0v) is 13.0. The average molecular weight is 322 g/mol. The molecule has 1 aliphatic heterocycles. The lowest BCUT2D eigenvalue weighted by atomic mass is 9.92. The molecule has 2 aromatic carbocycles. The molecule has 0 aromatic heterocycles. The monoisotopic (exact) mass is 322 g/mol. The summed E-state index contributed by atoms with van der Waals surface area (Å²) in [6.07, 6.45) is 3.25. The molecule has 0 radical (unpaired) electrons. The van der Waals surface area contributed by atoms with Crippen LogP contribution in [-0.4, -0.2) is 23.5 Å². The molecular formula is C19H18N2O3. The molecule has 0 bridgehead atoms. The van der Waals surface area contributed by atoms with Crippen LogP contribution >= 0.6 is 0 Å². The highest BCUT2D eigenvalue weighted by Gasteiger charge is 2.44. The number of hydrogen-bond donors (Lipinski definition) is 3. The van der Waals surface area contributed by atoms with Crippen LogP contribution < -0.4 is 10.6 Å². The van der Waals surface area contributed by atoms with Gasteiger partial charge in [-0.15, -0.1) is 0 Å². The van der Waals surface area contributed by atoms with Gasteiger partial charge in [-0.05, 0) is 17.7 Å². The highest BCUT2D eigenvalue weighted by atomic mass is 16.3. The average Bonchev–Trinajstić information content (AvgIpc) is 2.85. The number of fused-ring (bicyclic) bond motifs is 1. The molecule has 0 saturated carbocycles. The number of amides is 2. The van der Waals surface area contributed by atoms with E-state index in [2.05, 4.69) is 10.6 Å². The predicted octanol–water partition coefficient (Wildman–Crippen LogP) is 2.05. The number of rotatable bonds is 5. The Kier molecular flexibility index (Phi) is 4.44. The molecule has 1 unspecified atom stereocenters. The van der Waals surface area contributed by atoms with Crippen molar-refractivity contribution in [1.29, 1.82) is 0 Å². The zero-order valence-electron chi connectivity index (χ0n) is 13.0. The molecule has 122 valence electrons. The summed E-state index contributed by atoms with van der Waals surface area (Å²) in [6, 6.07) is 16.5. The van der Waals surface area contributed by atoms with Crippen molar-refractivity contribution >= 4 is 23.6 Å². The Balaban J connectivity index is 1.57. The Morgan fingerprint density at radius 3 is 2.62 bits per heavy atom. The largest absolute Gasteiger partial charge is 0.375 e. The summed E-state index contributed by atoms with van der Waals surface area (Å²) < 4.78 is 0. The van der Waals surface area contributed by atoms with Gasteiger partial charge < -0.3 is 15.7 Å². The third kappa shape index (κ3) is 3.21. The third-order valence-corrected chi connectivity index (χ3v) is 4.01. The Hall–Kier alpha value is -2.92. The van der Waals surface area contributed by atoms with Gasteiger partial charge in [-0.25, -0.2) is 0 Å². The maximum Gasteiger partial charge on any atom is 0.261 e. The molecular weight excluding hydrogens is 304 g/mol. The number of carbonyl (C=O) groups excluding carboxylic acids is 2. The van der Waals surface area contributed by atoms with Gasteiger partial charge in [0.05, 0.1) is 0 Å². The number of carbonyl (C=O) groups is 2. The molecule has 1 aliphatic rings. The Bertz CT molecular complexity index is 786. The minimum atomic E-state index is -1.60. The Morgan fingerprint density at radius 2 is 1.83 bits per heavy atom. The van der Waals surface area contributed by atoms with Crippen molar-refractivity contribution in [3.05, 3.63) is 71.8 Å². The summed E-state index contributed by atoms with van der Waals surface area (Å²) >= 11 is 0. The van der Waals surface area contributed by atoms with E-state index in [1.165, 1.54) is 6.08 Å². The predicted molar refractivity (Wildman–Crippen MR) is 92.1 cm³/mol. The number of anilines is 1. The standard InChI is InChI=1S/C19H18N2O3/c22-17(11-10-14-6-2-1-3-7-14)20-13-12-19(24)15-8-4-5-9-16(15)21-18(19)23/h1-11,24H,12-13H2,(H,20,22)(H,21,23)/b11-10-. The molecule has 2 amide bonds. The van der Waals surface area contributed by atoms with Gasteiger partial charge in [-0.3, -0.25) is 9.59 Å². The second kappa shape index (κ2) is 6.68. The van der Waals surface area contributed by atoms with Crippen molar-refractivity contribution in [1.82, 2.24) is 5.32 Å². The van der Waals surface area contributed by atoms with Crippen LogP contribution in [0.1, 0.15) is 17.5 Å². The third-order valence-electron chi connectivity index (χ3n) is 4.01. The molecule has 3 rings (SSSR count). The first-order chi connectivity index (χ1) is 11.6. The van der Waals surface area contributed by atoms with Crippen LogP contribution in [0.3, 0.4) is 0 Å². The van der Waals surface area contributed by atoms with Crippen LogP contribution in [0.15, 0.2) is 60.7 Å². The lowest BCUT2D eigenvalue weighted by molar-refractivity contribution is -0.134. The van der Waals surface area contributed by atoms with E-state index >= 15 is 0 Å². The molecule has 5 nitrogen and oxygen atoms in total. The van der Waals surface area contributed by atoms with Crippen molar-refractivity contribution in [2.75, 3.05) is 11.9 Å². The summed E-state index contributed by atoms with van der Waals surface area (Å²) in [5.41, 5.74) is 0.479. The van der Waals surface area contributed by atoms with Crippen LogP contribution in [0.4, 0.5) is 5.69 Å². The fourth-order valence-corrected chi connectivity index (χ4v) is 2.71. The van der Waals surface area contributed by atoms with Gasteiger partial charge in [0.15, 0.2) is 5.60 Å². The molecule has 0 fully saturated rings. The second-order valence-electron chi connectivity index (χ2n) is 5.65. The normalized spacial score (nSPS) is 19.1. The summed E-state index contributed by atoms with van der Waals surface area (Å²) in [5.74, 6) is -0.730. The number of nitrogens with one attached hydrogen (secondary N) is 2. The van der Waals surface area contributed by atoms with Gasteiger partial charge in [0.2, 0.25) is 5.91 Å². The number of hydrogen-bond acceptors (Lipinski definition) is 3. The van der Waals surface area contributed by atoms with E-state index in [0.717, 1.165) is 5.56 Å². The van der Waals surface area contributed by atoms with Crippen LogP contribution in [0.5, 0.6) is 0 Å². The van der Waals surface area contributed by atoms with Crippen molar-refractivity contribution < 1.29 is 14.7 Å². The topological polar surface area (TPSA) is 78.4 Å². The summed E-state index contributed by atoms with van der Waals surface area (Å²) in [7, 11) is 0. The number of para-hydroxylation sites is 1. The van der Waals surface area contributed by atoms with E-state index in [0.29, 0.717) is 11.3 Å².